The normalized spacial score (nSPS) is 14.0. The first-order valence-corrected chi connectivity index (χ1v) is 7.38. The average Bonchev–Trinajstić information content (AvgIpc) is 3.07. The minimum Gasteiger partial charge on any atom is -1.00 e. The van der Waals surface area contributed by atoms with Gasteiger partial charge in [0.15, 0.2) is 0 Å². The minimum atomic E-state index is 0. The van der Waals surface area contributed by atoms with Crippen molar-refractivity contribution in [2.24, 2.45) is 0 Å². The van der Waals surface area contributed by atoms with Crippen LogP contribution in [0, 0.1) is 12.2 Å². The van der Waals surface area contributed by atoms with Gasteiger partial charge in [0.05, 0.1) is 0 Å². The molecule has 0 bridgehead atoms. The molecule has 0 nitrogen and oxygen atoms in total. The van der Waals surface area contributed by atoms with Gasteiger partial charge in [-0.25, -0.2) is 23.3 Å². The van der Waals surface area contributed by atoms with Crippen LogP contribution in [0.5, 0.6) is 0 Å². The molecule has 0 aromatic heterocycles. The molecule has 0 spiro atoms. The Balaban J connectivity index is -0.000000270. The van der Waals surface area contributed by atoms with Crippen molar-refractivity contribution >= 4 is 0 Å². The first-order chi connectivity index (χ1) is 8.86. The fourth-order valence-corrected chi connectivity index (χ4v) is 1.99. The van der Waals surface area contributed by atoms with Gasteiger partial charge in [0.25, 0.3) is 0 Å². The Morgan fingerprint density at radius 1 is 0.810 bits per heavy atom. The molecule has 0 N–H and O–H groups in total. The summed E-state index contributed by atoms with van der Waals surface area (Å²) >= 11 is 0. The van der Waals surface area contributed by atoms with Gasteiger partial charge in [0.1, 0.15) is 0 Å². The Morgan fingerprint density at radius 3 is 1.43 bits per heavy atom. The summed E-state index contributed by atoms with van der Waals surface area (Å²) in [6, 6.07) is 0. The third-order valence-corrected chi connectivity index (χ3v) is 3.18. The number of hydrogen-bond acceptors (Lipinski definition) is 0. The molecule has 2 rings (SSSR count). The predicted octanol–water partition coefficient (Wildman–Crippen LogP) is -0.262. The Hall–Kier alpha value is 0.423. The Bertz CT molecular complexity index is 307. The van der Waals surface area contributed by atoms with Crippen LogP contribution in [0.25, 0.3) is 0 Å². The zero-order chi connectivity index (χ0) is 13.1. The summed E-state index contributed by atoms with van der Waals surface area (Å²) < 4.78 is 0. The molecule has 116 valence electrons. The fourth-order valence-electron chi connectivity index (χ4n) is 1.99. The maximum atomic E-state index is 3.16. The monoisotopic (exact) mass is 402 g/mol. The molecule has 0 atom stereocenters. The van der Waals surface area contributed by atoms with Crippen LogP contribution in [0.1, 0.15) is 65.2 Å². The van der Waals surface area contributed by atoms with E-state index in [9.17, 15) is 0 Å². The summed E-state index contributed by atoms with van der Waals surface area (Å²) in [5.74, 6) is 0. The van der Waals surface area contributed by atoms with E-state index in [0.717, 1.165) is 12.8 Å². The summed E-state index contributed by atoms with van der Waals surface area (Å²) in [5.41, 5.74) is 2.97. The van der Waals surface area contributed by atoms with E-state index < -0.39 is 0 Å². The molecular formula is C18H26Cl2Zr. The molecule has 0 unspecified atom stereocenters. The molecule has 2 aliphatic carbocycles. The SMILES string of the molecule is CCCCC1=CC[C-]=C1.CCCCC1=CC[C-]=C1.[Cl-].[Cl-].[Zr+4]. The number of rotatable bonds is 6. The van der Waals surface area contributed by atoms with Gasteiger partial charge < -0.3 is 24.8 Å². The van der Waals surface area contributed by atoms with E-state index in [2.05, 4.69) is 50.3 Å². The van der Waals surface area contributed by atoms with Crippen molar-refractivity contribution in [2.75, 3.05) is 0 Å². The van der Waals surface area contributed by atoms with Crippen molar-refractivity contribution in [1.82, 2.24) is 0 Å². The van der Waals surface area contributed by atoms with Gasteiger partial charge in [-0.2, -0.15) is 12.2 Å². The van der Waals surface area contributed by atoms with Crippen LogP contribution >= 0.6 is 0 Å². The van der Waals surface area contributed by atoms with E-state index in [-0.39, 0.29) is 51.0 Å². The smallest absolute Gasteiger partial charge is 1.00 e. The van der Waals surface area contributed by atoms with E-state index in [1.54, 1.807) is 0 Å². The maximum Gasteiger partial charge on any atom is 4.00 e. The van der Waals surface area contributed by atoms with Crippen LogP contribution in [-0.2, 0) is 26.2 Å². The summed E-state index contributed by atoms with van der Waals surface area (Å²) in [5, 5.41) is 0. The first kappa shape index (κ1) is 26.3. The molecule has 0 aromatic rings. The van der Waals surface area contributed by atoms with E-state index in [1.165, 1.54) is 49.7 Å². The molecule has 21 heavy (non-hydrogen) atoms. The van der Waals surface area contributed by atoms with E-state index in [4.69, 9.17) is 0 Å². The second-order valence-electron chi connectivity index (χ2n) is 4.87. The van der Waals surface area contributed by atoms with E-state index >= 15 is 0 Å². The molecule has 0 radical (unpaired) electrons. The van der Waals surface area contributed by atoms with Gasteiger partial charge in [0, 0.05) is 0 Å². The molecule has 0 aromatic carbocycles. The molecular weight excluding hydrogens is 378 g/mol. The van der Waals surface area contributed by atoms with Crippen molar-refractivity contribution in [3.63, 3.8) is 0 Å². The van der Waals surface area contributed by atoms with Crippen LogP contribution in [0.2, 0.25) is 0 Å². The molecule has 0 fully saturated rings. The number of allylic oxidation sites excluding steroid dienone is 8. The van der Waals surface area contributed by atoms with Crippen LogP contribution < -0.4 is 24.8 Å². The molecule has 3 heteroatoms. The minimum absolute atomic E-state index is 0. The molecule has 0 saturated carbocycles. The second kappa shape index (κ2) is 18.5. The largest absolute Gasteiger partial charge is 4.00 e. The van der Waals surface area contributed by atoms with Crippen molar-refractivity contribution in [1.29, 1.82) is 0 Å². The van der Waals surface area contributed by atoms with Gasteiger partial charge in [-0.1, -0.05) is 52.4 Å². The zero-order valence-corrected chi connectivity index (χ0v) is 17.2. The molecule has 2 aliphatic rings. The van der Waals surface area contributed by atoms with Crippen LogP contribution in [0.4, 0.5) is 0 Å². The van der Waals surface area contributed by atoms with Gasteiger partial charge >= 0.3 is 26.2 Å². The van der Waals surface area contributed by atoms with Crippen molar-refractivity contribution in [3.05, 3.63) is 47.6 Å². The second-order valence-corrected chi connectivity index (χ2v) is 4.87. The Labute approximate surface area is 163 Å². The Kier molecular flexibility index (Phi) is 23.2. The Morgan fingerprint density at radius 2 is 1.19 bits per heavy atom. The average molecular weight is 405 g/mol. The number of unbranched alkanes of at least 4 members (excludes halogenated alkanes) is 2. The van der Waals surface area contributed by atoms with Crippen molar-refractivity contribution in [2.45, 2.75) is 65.2 Å². The zero-order valence-electron chi connectivity index (χ0n) is 13.2. The van der Waals surface area contributed by atoms with Gasteiger partial charge in [0.2, 0.25) is 0 Å². The van der Waals surface area contributed by atoms with E-state index in [0.29, 0.717) is 0 Å². The van der Waals surface area contributed by atoms with Crippen molar-refractivity contribution in [3.8, 4) is 0 Å². The van der Waals surface area contributed by atoms with Crippen LogP contribution in [0.3, 0.4) is 0 Å². The molecule has 0 heterocycles. The van der Waals surface area contributed by atoms with E-state index in [1.807, 2.05) is 0 Å². The molecule has 0 aliphatic heterocycles. The summed E-state index contributed by atoms with van der Waals surface area (Å²) in [6.07, 6.45) is 24.9. The van der Waals surface area contributed by atoms with Crippen LogP contribution in [0.15, 0.2) is 35.5 Å². The third kappa shape index (κ3) is 13.8. The van der Waals surface area contributed by atoms with Crippen LogP contribution in [-0.4, -0.2) is 0 Å². The topological polar surface area (TPSA) is 0 Å². The summed E-state index contributed by atoms with van der Waals surface area (Å²) in [4.78, 5) is 0. The standard InChI is InChI=1S/2C9H13.2ClH.Zr/c2*1-2-3-6-9-7-4-5-8-9;;;/h2*7-8H,2-4,6H2,1H3;2*1H;/q2*-1;;;+4/p-2. The predicted molar refractivity (Wildman–Crippen MR) is 80.1 cm³/mol. The number of halogens is 2. The summed E-state index contributed by atoms with van der Waals surface area (Å²) in [7, 11) is 0. The molecule has 0 saturated heterocycles. The summed E-state index contributed by atoms with van der Waals surface area (Å²) in [6.45, 7) is 4.45. The third-order valence-electron chi connectivity index (χ3n) is 3.18. The van der Waals surface area contributed by atoms with Gasteiger partial charge in [-0.05, 0) is 0 Å². The molecule has 0 amide bonds. The van der Waals surface area contributed by atoms with Crippen molar-refractivity contribution < 1.29 is 51.0 Å². The first-order valence-electron chi connectivity index (χ1n) is 7.38. The van der Waals surface area contributed by atoms with Gasteiger partial charge in [-0.15, -0.1) is 12.8 Å². The maximum absolute atomic E-state index is 3.16. The van der Waals surface area contributed by atoms with Gasteiger partial charge in [-0.3, -0.25) is 12.2 Å². The number of hydrogen-bond donors (Lipinski definition) is 0. The quantitative estimate of drug-likeness (QED) is 0.535. The fraction of sp³-hybridized carbons (Fsp3) is 0.556.